The minimum Gasteiger partial charge on any atom is -0.418 e. The van der Waals surface area contributed by atoms with E-state index in [1.807, 2.05) is 0 Å². The van der Waals surface area contributed by atoms with E-state index in [0.29, 0.717) is 0 Å². The van der Waals surface area contributed by atoms with E-state index in [4.69, 9.17) is 8.83 Å². The quantitative estimate of drug-likeness (QED) is 0.134. The van der Waals surface area contributed by atoms with Crippen LogP contribution in [0.1, 0.15) is 0 Å². The lowest BCUT2D eigenvalue weighted by Gasteiger charge is -2.11. The number of fused-ring (bicyclic) bond motifs is 6. The van der Waals surface area contributed by atoms with Crippen molar-refractivity contribution in [2.75, 3.05) is 0 Å². The molecule has 220 valence electrons. The molecule has 2 aromatic heterocycles. The second-order valence-electron chi connectivity index (χ2n) is 12.1. The number of benzene rings is 8. The maximum absolute atomic E-state index is 6.69. The summed E-state index contributed by atoms with van der Waals surface area (Å²) in [5.41, 5.74) is 2.29. The molecule has 0 amide bonds. The monoisotopic (exact) mass is 713 g/mol. The van der Waals surface area contributed by atoms with Crippen LogP contribution in [0.2, 0.25) is 0 Å². The molecule has 0 atom stereocenters. The van der Waals surface area contributed by atoms with Crippen LogP contribution in [0.3, 0.4) is 0 Å². The summed E-state index contributed by atoms with van der Waals surface area (Å²) >= 11 is -0.681. The summed E-state index contributed by atoms with van der Waals surface area (Å²) in [5.74, 6) is 1.80. The van der Waals surface area contributed by atoms with E-state index >= 15 is 0 Å². The third-order valence-corrected chi connectivity index (χ3v) is 11.5. The molecule has 0 saturated heterocycles. The average Bonchev–Trinajstić information content (AvgIpc) is 3.77. The zero-order valence-corrected chi connectivity index (χ0v) is 27.4. The first-order chi connectivity index (χ1) is 23.2. The van der Waals surface area contributed by atoms with Crippen LogP contribution in [0, 0.1) is 7.53 Å². The number of furan rings is 2. The highest BCUT2D eigenvalue weighted by molar-refractivity contribution is 6.16. The van der Waals surface area contributed by atoms with Gasteiger partial charge in [-0.2, -0.15) is 0 Å². The Hall–Kier alpha value is -5.39. The maximum atomic E-state index is 6.69. The summed E-state index contributed by atoms with van der Waals surface area (Å²) in [5, 5.41) is 14.6. The van der Waals surface area contributed by atoms with E-state index in [9.17, 15) is 0 Å². The van der Waals surface area contributed by atoms with Gasteiger partial charge in [-0.25, -0.2) is 0 Å². The SMILES string of the molecule is c1ccc2cc3c(-c4ccc([I+]c5ccc(-c6c7ccccc7cc7cc8ccccc8cc67)o5)o4)c4ccccc4cc3cc2c1. The fraction of sp³-hybridized carbons (Fsp3) is 0. The fourth-order valence-corrected chi connectivity index (χ4v) is 9.07. The van der Waals surface area contributed by atoms with Crippen LogP contribution in [-0.2, 0) is 0 Å². The van der Waals surface area contributed by atoms with Crippen LogP contribution in [-0.4, -0.2) is 0 Å². The summed E-state index contributed by atoms with van der Waals surface area (Å²) in [4.78, 5) is 0. The summed E-state index contributed by atoms with van der Waals surface area (Å²) in [6, 6.07) is 56.7. The number of hydrogen-bond donors (Lipinski definition) is 0. The fourth-order valence-electron chi connectivity index (χ4n) is 7.14. The van der Waals surface area contributed by atoms with E-state index in [2.05, 4.69) is 158 Å². The molecule has 0 spiro atoms. The molecule has 2 heterocycles. The molecule has 47 heavy (non-hydrogen) atoms. The first-order valence-corrected chi connectivity index (χ1v) is 17.9. The molecule has 0 N–H and O–H groups in total. The Morgan fingerprint density at radius 2 is 0.660 bits per heavy atom. The van der Waals surface area contributed by atoms with E-state index < -0.39 is 21.2 Å². The molecule has 2 nitrogen and oxygen atoms in total. The van der Waals surface area contributed by atoms with Gasteiger partial charge in [0.2, 0.25) is 0 Å². The van der Waals surface area contributed by atoms with Crippen molar-refractivity contribution in [2.45, 2.75) is 0 Å². The van der Waals surface area contributed by atoms with Gasteiger partial charge in [-0.1, -0.05) is 97.1 Å². The summed E-state index contributed by atoms with van der Waals surface area (Å²) in [6.45, 7) is 0. The molecule has 0 saturated carbocycles. The van der Waals surface area contributed by atoms with Gasteiger partial charge >= 0.3 is 28.7 Å². The smallest absolute Gasteiger partial charge is 0.418 e. The lowest BCUT2D eigenvalue weighted by atomic mass is 9.93. The second kappa shape index (κ2) is 10.6. The lowest BCUT2D eigenvalue weighted by molar-refractivity contribution is -0.635. The Morgan fingerprint density at radius 1 is 0.298 bits per heavy atom. The average molecular weight is 714 g/mol. The first-order valence-electron chi connectivity index (χ1n) is 15.8. The number of halogens is 1. The van der Waals surface area contributed by atoms with E-state index in [1.54, 1.807) is 0 Å². The Labute approximate surface area is 281 Å². The van der Waals surface area contributed by atoms with Crippen LogP contribution in [0.5, 0.6) is 0 Å². The van der Waals surface area contributed by atoms with Gasteiger partial charge in [0, 0.05) is 23.3 Å². The largest absolute Gasteiger partial charge is 0.443 e. The number of rotatable bonds is 4. The Kier molecular flexibility index (Phi) is 6.03. The Bertz CT molecular complexity index is 2630. The van der Waals surface area contributed by atoms with Crippen LogP contribution in [0.4, 0.5) is 0 Å². The topological polar surface area (TPSA) is 26.3 Å². The first kappa shape index (κ1) is 26.8. The van der Waals surface area contributed by atoms with Crippen molar-refractivity contribution in [1.82, 2.24) is 0 Å². The normalized spacial score (nSPS) is 11.9. The van der Waals surface area contributed by atoms with Gasteiger partial charge in [0.15, 0.2) is 0 Å². The lowest BCUT2D eigenvalue weighted by Crippen LogP contribution is -3.61. The molecule has 0 aliphatic heterocycles. The highest BCUT2D eigenvalue weighted by atomic mass is 127. The van der Waals surface area contributed by atoms with Crippen molar-refractivity contribution in [2.24, 2.45) is 0 Å². The van der Waals surface area contributed by atoms with E-state index in [-0.39, 0.29) is 0 Å². The molecule has 0 aliphatic rings. The summed E-state index contributed by atoms with van der Waals surface area (Å²) in [6.07, 6.45) is 0. The van der Waals surface area contributed by atoms with Gasteiger partial charge in [0.1, 0.15) is 11.5 Å². The molecule has 8 aromatic carbocycles. The highest BCUT2D eigenvalue weighted by Gasteiger charge is 2.27. The molecule has 10 rings (SSSR count). The van der Waals surface area contributed by atoms with Crippen molar-refractivity contribution in [3.05, 3.63) is 165 Å². The number of hydrogen-bond acceptors (Lipinski definition) is 2. The van der Waals surface area contributed by atoms with Crippen molar-refractivity contribution in [1.29, 1.82) is 0 Å². The zero-order chi connectivity index (χ0) is 30.9. The van der Waals surface area contributed by atoms with Gasteiger partial charge in [-0.05, 0) is 113 Å². The molecule has 3 heteroatoms. The molecule has 0 unspecified atom stereocenters. The predicted octanol–water partition coefficient (Wildman–Crippen LogP) is 9.25. The van der Waals surface area contributed by atoms with Gasteiger partial charge < -0.3 is 8.83 Å². The molecular weight excluding hydrogens is 687 g/mol. The summed E-state index contributed by atoms with van der Waals surface area (Å²) < 4.78 is 15.4. The van der Waals surface area contributed by atoms with Gasteiger partial charge in [0.05, 0.1) is 0 Å². The van der Waals surface area contributed by atoms with Crippen molar-refractivity contribution in [3.8, 4) is 22.6 Å². The molecular formula is C44H26IO2+. The second-order valence-corrected chi connectivity index (χ2v) is 14.8. The Balaban J connectivity index is 1.08. The Morgan fingerprint density at radius 3 is 1.11 bits per heavy atom. The minimum absolute atomic E-state index is 0.681. The third-order valence-electron chi connectivity index (χ3n) is 9.28. The summed E-state index contributed by atoms with van der Waals surface area (Å²) in [7, 11) is 0. The predicted molar refractivity (Wildman–Crippen MR) is 191 cm³/mol. The van der Waals surface area contributed by atoms with Gasteiger partial charge in [0.25, 0.3) is 0 Å². The molecule has 0 radical (unpaired) electrons. The van der Waals surface area contributed by atoms with Gasteiger partial charge in [-0.3, -0.25) is 0 Å². The van der Waals surface area contributed by atoms with Crippen LogP contribution in [0.15, 0.2) is 167 Å². The van der Waals surface area contributed by atoms with Crippen LogP contribution in [0.25, 0.3) is 87.3 Å². The minimum atomic E-state index is -0.681. The van der Waals surface area contributed by atoms with Crippen molar-refractivity contribution < 1.29 is 30.0 Å². The standard InChI is InChI=1S/C44H26IO2/c1-3-11-29-25-37-33(21-27(29)9-1)23-31-13-5-7-15-35(31)43(37)39-17-19-41(46-39)45-42-20-18-40(47-42)44-36-16-8-6-14-32(36)24-34-22-28-10-2-4-12-30(28)26-38(34)44/h1-26H/q+1. The maximum Gasteiger partial charge on any atom is 0.443 e. The van der Waals surface area contributed by atoms with Crippen molar-refractivity contribution in [3.63, 3.8) is 0 Å². The molecule has 10 aromatic rings. The highest BCUT2D eigenvalue weighted by Crippen LogP contribution is 2.40. The van der Waals surface area contributed by atoms with E-state index in [1.165, 1.54) is 64.6 Å². The molecule has 0 fully saturated rings. The third kappa shape index (κ3) is 4.45. The molecule has 0 aliphatic carbocycles. The zero-order valence-electron chi connectivity index (χ0n) is 25.2. The van der Waals surface area contributed by atoms with Crippen LogP contribution < -0.4 is 21.2 Å². The van der Waals surface area contributed by atoms with Gasteiger partial charge in [-0.15, -0.1) is 0 Å². The van der Waals surface area contributed by atoms with Crippen LogP contribution >= 0.6 is 0 Å². The van der Waals surface area contributed by atoms with E-state index in [0.717, 1.165) is 30.2 Å². The van der Waals surface area contributed by atoms with Crippen molar-refractivity contribution >= 4 is 64.6 Å². The molecule has 0 bridgehead atoms.